The molecule has 1 fully saturated rings. The van der Waals surface area contributed by atoms with Crippen LogP contribution >= 0.6 is 0 Å². The first-order chi connectivity index (χ1) is 12.0. The topological polar surface area (TPSA) is 19.4 Å². The van der Waals surface area contributed by atoms with Crippen LogP contribution in [0.5, 0.6) is 0 Å². The quantitative estimate of drug-likeness (QED) is 0.443. The zero-order valence-corrected chi connectivity index (χ0v) is 17.4. The number of likely N-dealkylation sites (N-methyl/N-ethyl adjacent to an activating group) is 1. The summed E-state index contributed by atoms with van der Waals surface area (Å²) < 4.78 is 0. The van der Waals surface area contributed by atoms with Gasteiger partial charge in [0.1, 0.15) is 8.07 Å². The van der Waals surface area contributed by atoms with Crippen LogP contribution in [0, 0.1) is 11.5 Å². The maximum atomic E-state index is 4.44. The molecule has 136 valence electrons. The summed E-state index contributed by atoms with van der Waals surface area (Å²) in [5.74, 6) is 3.44. The zero-order valence-electron chi connectivity index (χ0n) is 16.4. The molecule has 2 heterocycles. The van der Waals surface area contributed by atoms with Gasteiger partial charge >= 0.3 is 0 Å². The van der Waals surface area contributed by atoms with Crippen molar-refractivity contribution in [3.63, 3.8) is 0 Å². The number of rotatable bonds is 4. The van der Waals surface area contributed by atoms with Gasteiger partial charge in [0.2, 0.25) is 0 Å². The van der Waals surface area contributed by atoms with Crippen LogP contribution in [0.2, 0.25) is 19.6 Å². The molecule has 25 heavy (non-hydrogen) atoms. The standard InChI is InChI=1S/C21H33N3Si/c1-5-23-18-11-7-8-12-19(18)24(21-17-22-14-13-20(21)23)15-9-6-10-16-25(2,3)4/h13-14,17-19H,5-9,11-12,15H2,1-4H3/t18-,19+/m0/s1. The molecular weight excluding hydrogens is 322 g/mol. The smallest absolute Gasteiger partial charge is 0.129 e. The van der Waals surface area contributed by atoms with E-state index in [-0.39, 0.29) is 0 Å². The zero-order chi connectivity index (χ0) is 17.9. The van der Waals surface area contributed by atoms with Crippen molar-refractivity contribution in [2.24, 2.45) is 0 Å². The first-order valence-corrected chi connectivity index (χ1v) is 13.5. The molecule has 4 heteroatoms. The highest BCUT2D eigenvalue weighted by atomic mass is 28.3. The van der Waals surface area contributed by atoms with Crippen LogP contribution in [0.3, 0.4) is 0 Å². The van der Waals surface area contributed by atoms with Gasteiger partial charge in [-0.3, -0.25) is 4.98 Å². The molecule has 0 unspecified atom stereocenters. The molecule has 1 aromatic heterocycles. The number of hydrogen-bond donors (Lipinski definition) is 0. The van der Waals surface area contributed by atoms with Crippen molar-refractivity contribution in [3.8, 4) is 11.5 Å². The van der Waals surface area contributed by atoms with Gasteiger partial charge in [-0.25, -0.2) is 0 Å². The molecule has 0 saturated heterocycles. The van der Waals surface area contributed by atoms with E-state index in [4.69, 9.17) is 0 Å². The number of anilines is 2. The van der Waals surface area contributed by atoms with Gasteiger partial charge < -0.3 is 9.80 Å². The lowest BCUT2D eigenvalue weighted by Crippen LogP contribution is -2.57. The van der Waals surface area contributed by atoms with Gasteiger partial charge in [-0.2, -0.15) is 0 Å². The summed E-state index contributed by atoms with van der Waals surface area (Å²) >= 11 is 0. The summed E-state index contributed by atoms with van der Waals surface area (Å²) in [4.78, 5) is 9.73. The summed E-state index contributed by atoms with van der Waals surface area (Å²) in [7, 11) is -1.24. The normalized spacial score (nSPS) is 22.7. The van der Waals surface area contributed by atoms with Gasteiger partial charge in [0, 0.05) is 37.8 Å². The lowest BCUT2D eigenvalue weighted by atomic mass is 9.85. The minimum absolute atomic E-state index is 0.648. The fourth-order valence-electron chi connectivity index (χ4n) is 4.38. The first kappa shape index (κ1) is 18.3. The van der Waals surface area contributed by atoms with Gasteiger partial charge in [-0.1, -0.05) is 32.5 Å². The Labute approximate surface area is 154 Å². The highest BCUT2D eigenvalue weighted by molar-refractivity contribution is 6.83. The van der Waals surface area contributed by atoms with Crippen molar-refractivity contribution in [2.75, 3.05) is 22.9 Å². The largest absolute Gasteiger partial charge is 0.365 e. The van der Waals surface area contributed by atoms with Crippen LogP contribution in [0.15, 0.2) is 18.5 Å². The fraction of sp³-hybridized carbons (Fsp3) is 0.667. The molecule has 1 saturated carbocycles. The molecule has 3 rings (SSSR count). The summed E-state index contributed by atoms with van der Waals surface area (Å²) in [5.41, 5.74) is 6.22. The Morgan fingerprint density at radius 3 is 2.52 bits per heavy atom. The SMILES string of the molecule is CCN1c2ccncc2N(CCCC#C[Si](C)(C)C)[C@@H]2CCCC[C@@H]21. The number of pyridine rings is 1. The van der Waals surface area contributed by atoms with Crippen LogP contribution in [0.25, 0.3) is 0 Å². The summed E-state index contributed by atoms with van der Waals surface area (Å²) in [6.07, 6.45) is 11.6. The van der Waals surface area contributed by atoms with Gasteiger partial charge in [0.05, 0.1) is 17.6 Å². The minimum atomic E-state index is -1.24. The molecule has 3 nitrogen and oxygen atoms in total. The Morgan fingerprint density at radius 2 is 1.84 bits per heavy atom. The van der Waals surface area contributed by atoms with Crippen LogP contribution in [-0.4, -0.2) is 38.2 Å². The minimum Gasteiger partial charge on any atom is -0.365 e. The van der Waals surface area contributed by atoms with Gasteiger partial charge in [-0.15, -0.1) is 11.5 Å². The van der Waals surface area contributed by atoms with E-state index >= 15 is 0 Å². The van der Waals surface area contributed by atoms with Crippen molar-refractivity contribution in [1.29, 1.82) is 0 Å². The number of nitrogens with zero attached hydrogens (tertiary/aromatic N) is 3. The number of hydrogen-bond acceptors (Lipinski definition) is 3. The molecule has 2 aliphatic rings. The van der Waals surface area contributed by atoms with E-state index in [0.717, 1.165) is 25.9 Å². The van der Waals surface area contributed by atoms with E-state index in [1.807, 2.05) is 6.20 Å². The van der Waals surface area contributed by atoms with E-state index in [0.29, 0.717) is 12.1 Å². The second kappa shape index (κ2) is 7.82. The first-order valence-electron chi connectivity index (χ1n) is 9.98. The van der Waals surface area contributed by atoms with Crippen molar-refractivity contribution in [1.82, 2.24) is 4.98 Å². The molecule has 1 aliphatic carbocycles. The predicted octanol–water partition coefficient (Wildman–Crippen LogP) is 4.70. The average molecular weight is 356 g/mol. The van der Waals surface area contributed by atoms with Crippen LogP contribution in [-0.2, 0) is 0 Å². The van der Waals surface area contributed by atoms with Crippen molar-refractivity contribution in [2.45, 2.75) is 77.2 Å². The van der Waals surface area contributed by atoms with Crippen molar-refractivity contribution >= 4 is 19.4 Å². The molecule has 0 amide bonds. The fourth-order valence-corrected chi connectivity index (χ4v) is 5.03. The second-order valence-corrected chi connectivity index (χ2v) is 13.2. The van der Waals surface area contributed by atoms with Crippen molar-refractivity contribution < 1.29 is 0 Å². The second-order valence-electron chi connectivity index (χ2n) is 8.42. The average Bonchev–Trinajstić information content (AvgIpc) is 2.59. The monoisotopic (exact) mass is 355 g/mol. The third kappa shape index (κ3) is 4.20. The Morgan fingerprint density at radius 1 is 1.12 bits per heavy atom. The molecule has 1 aromatic rings. The Kier molecular flexibility index (Phi) is 5.73. The summed E-state index contributed by atoms with van der Waals surface area (Å²) in [6, 6.07) is 3.53. The van der Waals surface area contributed by atoms with Gasteiger partial charge in [-0.05, 0) is 32.3 Å². The molecule has 0 radical (unpaired) electrons. The predicted molar refractivity (Wildman–Crippen MR) is 111 cm³/mol. The van der Waals surface area contributed by atoms with Gasteiger partial charge in [0.15, 0.2) is 0 Å². The lowest BCUT2D eigenvalue weighted by Gasteiger charge is -2.52. The molecule has 0 bridgehead atoms. The Hall–Kier alpha value is -1.47. The molecule has 0 N–H and O–H groups in total. The number of unbranched alkanes of at least 4 members (excludes halogenated alkanes) is 1. The third-order valence-corrected chi connectivity index (χ3v) is 6.32. The lowest BCUT2D eigenvalue weighted by molar-refractivity contribution is 0.336. The molecule has 0 spiro atoms. The number of aromatic nitrogens is 1. The maximum Gasteiger partial charge on any atom is 0.129 e. The number of fused-ring (bicyclic) bond motifs is 2. The molecule has 1 aliphatic heterocycles. The molecule has 0 aromatic carbocycles. The van der Waals surface area contributed by atoms with E-state index in [1.54, 1.807) is 0 Å². The van der Waals surface area contributed by atoms with Crippen LogP contribution < -0.4 is 9.80 Å². The highest BCUT2D eigenvalue weighted by Crippen LogP contribution is 2.42. The van der Waals surface area contributed by atoms with Crippen molar-refractivity contribution in [3.05, 3.63) is 18.5 Å². The summed E-state index contributed by atoms with van der Waals surface area (Å²) in [6.45, 7) is 11.4. The molecular formula is C21H33N3Si. The Bertz CT molecular complexity index is 641. The maximum absolute atomic E-state index is 4.44. The Balaban J connectivity index is 1.77. The van der Waals surface area contributed by atoms with Gasteiger partial charge in [0.25, 0.3) is 0 Å². The van der Waals surface area contributed by atoms with E-state index in [9.17, 15) is 0 Å². The van der Waals surface area contributed by atoms with E-state index in [2.05, 4.69) is 65.1 Å². The molecule has 2 atom stereocenters. The third-order valence-electron chi connectivity index (χ3n) is 5.40. The van der Waals surface area contributed by atoms with Crippen LogP contribution in [0.4, 0.5) is 11.4 Å². The highest BCUT2D eigenvalue weighted by Gasteiger charge is 2.39. The van der Waals surface area contributed by atoms with E-state index < -0.39 is 8.07 Å². The summed E-state index contributed by atoms with van der Waals surface area (Å²) in [5, 5.41) is 0. The van der Waals surface area contributed by atoms with E-state index in [1.165, 1.54) is 37.1 Å². The van der Waals surface area contributed by atoms with Crippen LogP contribution in [0.1, 0.15) is 45.4 Å².